The highest BCUT2D eigenvalue weighted by molar-refractivity contribution is 8.12. The lowest BCUT2D eigenvalue weighted by molar-refractivity contribution is -0.129. The fraction of sp³-hybridized carbons (Fsp3) is 0.200. The van der Waals surface area contributed by atoms with Crippen molar-refractivity contribution in [3.05, 3.63) is 11.1 Å². The third kappa shape index (κ3) is 1.25. The van der Waals surface area contributed by atoms with Gasteiger partial charge in [0.2, 0.25) is 14.9 Å². The van der Waals surface area contributed by atoms with Crippen LogP contribution < -0.4 is 0 Å². The van der Waals surface area contributed by atoms with E-state index in [9.17, 15) is 13.2 Å². The highest BCUT2D eigenvalue weighted by Crippen LogP contribution is 2.17. The summed E-state index contributed by atoms with van der Waals surface area (Å²) in [4.78, 5) is 13.5. The second-order valence-electron chi connectivity index (χ2n) is 2.00. The predicted octanol–water partition coefficient (Wildman–Crippen LogP) is -0.331. The van der Waals surface area contributed by atoms with E-state index in [0.29, 0.717) is 0 Å². The second kappa shape index (κ2) is 2.91. The molecule has 66 valence electrons. The molecule has 0 aromatic heterocycles. The van der Waals surface area contributed by atoms with E-state index in [4.69, 9.17) is 5.11 Å². The number of carboxylic acids is 1. The van der Waals surface area contributed by atoms with Gasteiger partial charge >= 0.3 is 5.97 Å². The van der Waals surface area contributed by atoms with Gasteiger partial charge in [-0.2, -0.15) is 12.6 Å². The van der Waals surface area contributed by atoms with Crippen molar-refractivity contribution in [1.82, 2.24) is 0 Å². The quantitative estimate of drug-likeness (QED) is 0.607. The molecule has 1 heterocycles. The number of hydrogen-bond acceptors (Lipinski definition) is 5. The van der Waals surface area contributed by atoms with E-state index in [0.717, 1.165) is 6.20 Å². The molecule has 0 atom stereocenters. The van der Waals surface area contributed by atoms with Crippen LogP contribution in [0.25, 0.3) is 0 Å². The molecule has 7 heteroatoms. The lowest BCUT2D eigenvalue weighted by Crippen LogP contribution is -2.22. The minimum Gasteiger partial charge on any atom is -0.476 e. The van der Waals surface area contributed by atoms with Crippen molar-refractivity contribution in [1.29, 1.82) is 0 Å². The average Bonchev–Trinajstić information content (AvgIpc) is 2.24. The minimum atomic E-state index is -3.84. The number of hydrogen-bond donors (Lipinski definition) is 2. The Kier molecular flexibility index (Phi) is 2.25. The normalized spacial score (nSPS) is 20.1. The summed E-state index contributed by atoms with van der Waals surface area (Å²) in [6.45, 7) is 0. The van der Waals surface area contributed by atoms with Gasteiger partial charge in [-0.15, -0.1) is 0 Å². The molecule has 5 nitrogen and oxygen atoms in total. The number of sulfone groups is 1. The van der Waals surface area contributed by atoms with Gasteiger partial charge < -0.3 is 5.11 Å². The van der Waals surface area contributed by atoms with Gasteiger partial charge in [0.25, 0.3) is 0 Å². The van der Waals surface area contributed by atoms with Crippen LogP contribution in [0.15, 0.2) is 16.1 Å². The molecule has 12 heavy (non-hydrogen) atoms. The van der Waals surface area contributed by atoms with Crippen molar-refractivity contribution in [3.8, 4) is 0 Å². The van der Waals surface area contributed by atoms with E-state index < -0.39 is 20.9 Å². The maximum Gasteiger partial charge on any atom is 0.366 e. The van der Waals surface area contributed by atoms with Crippen LogP contribution in [0.5, 0.6) is 0 Å². The third-order valence-electron chi connectivity index (χ3n) is 1.26. The SMILES string of the molecule is O=C(O)C1=NC=C(CS)S1(=O)=O. The molecule has 0 aliphatic carbocycles. The van der Waals surface area contributed by atoms with Crippen LogP contribution in [0.1, 0.15) is 0 Å². The molecule has 0 unspecified atom stereocenters. The van der Waals surface area contributed by atoms with Crippen molar-refractivity contribution < 1.29 is 18.3 Å². The van der Waals surface area contributed by atoms with Gasteiger partial charge in [0.15, 0.2) is 0 Å². The fourth-order valence-electron chi connectivity index (χ4n) is 0.690. The van der Waals surface area contributed by atoms with Gasteiger partial charge in [0, 0.05) is 12.0 Å². The van der Waals surface area contributed by atoms with Crippen LogP contribution in [0.4, 0.5) is 0 Å². The van der Waals surface area contributed by atoms with Gasteiger partial charge in [0.1, 0.15) is 0 Å². The van der Waals surface area contributed by atoms with Gasteiger partial charge in [0.05, 0.1) is 4.91 Å². The summed E-state index contributed by atoms with van der Waals surface area (Å²) < 4.78 is 22.3. The Morgan fingerprint density at radius 3 is 2.50 bits per heavy atom. The molecule has 0 saturated carbocycles. The zero-order valence-corrected chi connectivity index (χ0v) is 7.47. The van der Waals surface area contributed by atoms with Crippen LogP contribution in [0.2, 0.25) is 0 Å². The van der Waals surface area contributed by atoms with Crippen LogP contribution in [0.3, 0.4) is 0 Å². The number of rotatable bonds is 2. The summed E-state index contributed by atoms with van der Waals surface area (Å²) >= 11 is 3.72. The predicted molar refractivity (Wildman–Crippen MR) is 45.9 cm³/mol. The Hall–Kier alpha value is -0.820. The van der Waals surface area contributed by atoms with E-state index in [2.05, 4.69) is 17.6 Å². The van der Waals surface area contributed by atoms with E-state index in [-0.39, 0.29) is 10.7 Å². The maximum absolute atomic E-state index is 11.1. The number of nitrogens with zero attached hydrogens (tertiary/aromatic N) is 1. The Balaban J connectivity index is 3.15. The molecule has 0 aromatic carbocycles. The Bertz CT molecular complexity index is 378. The van der Waals surface area contributed by atoms with Crippen molar-refractivity contribution in [2.24, 2.45) is 4.99 Å². The minimum absolute atomic E-state index is 0.0391. The number of thiol groups is 1. The molecule has 1 aliphatic rings. The summed E-state index contributed by atoms with van der Waals surface area (Å²) in [6, 6.07) is 0. The Morgan fingerprint density at radius 2 is 2.25 bits per heavy atom. The van der Waals surface area contributed by atoms with Gasteiger partial charge in [-0.3, -0.25) is 0 Å². The molecule has 1 rings (SSSR count). The fourth-order valence-corrected chi connectivity index (χ4v) is 2.31. The molecule has 0 spiro atoms. The number of aliphatic carboxylic acids is 1. The molecular formula is C5H5NO4S2. The number of aliphatic imine (C=N–C) groups is 1. The van der Waals surface area contributed by atoms with Crippen LogP contribution in [-0.4, -0.2) is 30.3 Å². The first-order chi connectivity index (χ1) is 5.50. The highest BCUT2D eigenvalue weighted by Gasteiger charge is 2.33. The van der Waals surface area contributed by atoms with Crippen molar-refractivity contribution >= 4 is 33.5 Å². The van der Waals surface area contributed by atoms with Crippen molar-refractivity contribution in [2.45, 2.75) is 0 Å². The zero-order valence-electron chi connectivity index (χ0n) is 5.76. The van der Waals surface area contributed by atoms with Crippen molar-refractivity contribution in [2.75, 3.05) is 5.75 Å². The molecule has 0 amide bonds. The summed E-state index contributed by atoms with van der Waals surface area (Å²) in [5, 5.41) is 7.57. The number of carbonyl (C=O) groups is 1. The Labute approximate surface area is 74.1 Å². The first-order valence-corrected chi connectivity index (χ1v) is 4.98. The first-order valence-electron chi connectivity index (χ1n) is 2.86. The third-order valence-corrected chi connectivity index (χ3v) is 3.55. The smallest absolute Gasteiger partial charge is 0.366 e. The topological polar surface area (TPSA) is 83.8 Å². The van der Waals surface area contributed by atoms with Gasteiger partial charge in [-0.25, -0.2) is 18.2 Å². The van der Waals surface area contributed by atoms with E-state index in [1.165, 1.54) is 0 Å². The monoisotopic (exact) mass is 207 g/mol. The molecule has 0 bridgehead atoms. The number of carboxylic acid groups (broad SMARTS) is 1. The van der Waals surface area contributed by atoms with Gasteiger partial charge in [-0.1, -0.05) is 0 Å². The molecule has 1 aliphatic heterocycles. The molecule has 1 N–H and O–H groups in total. The Morgan fingerprint density at radius 1 is 1.67 bits per heavy atom. The summed E-state index contributed by atoms with van der Waals surface area (Å²) in [7, 11) is -3.84. The summed E-state index contributed by atoms with van der Waals surface area (Å²) in [6.07, 6.45) is 1.01. The van der Waals surface area contributed by atoms with E-state index in [1.54, 1.807) is 0 Å². The largest absolute Gasteiger partial charge is 0.476 e. The first kappa shape index (κ1) is 9.27. The standard InChI is InChI=1S/C5H5NO4S2/c7-5(8)4-6-1-3(2-11)12(4,9)10/h1,11H,2H2,(H,7,8). The average molecular weight is 207 g/mol. The van der Waals surface area contributed by atoms with Gasteiger partial charge in [-0.05, 0) is 0 Å². The highest BCUT2D eigenvalue weighted by atomic mass is 32.2. The molecule has 0 radical (unpaired) electrons. The van der Waals surface area contributed by atoms with Crippen molar-refractivity contribution in [3.63, 3.8) is 0 Å². The molecule has 0 saturated heterocycles. The van der Waals surface area contributed by atoms with E-state index in [1.807, 2.05) is 0 Å². The second-order valence-corrected chi connectivity index (χ2v) is 4.23. The molecular weight excluding hydrogens is 202 g/mol. The lowest BCUT2D eigenvalue weighted by atomic mass is 10.7. The molecule has 0 aromatic rings. The summed E-state index contributed by atoms with van der Waals surface area (Å²) in [5.41, 5.74) is 0. The maximum atomic E-state index is 11.1. The van der Waals surface area contributed by atoms with Crippen LogP contribution in [0, 0.1) is 0 Å². The van der Waals surface area contributed by atoms with Crippen LogP contribution in [-0.2, 0) is 14.6 Å². The molecule has 0 fully saturated rings. The lowest BCUT2D eigenvalue weighted by Gasteiger charge is -1.96. The van der Waals surface area contributed by atoms with Crippen LogP contribution >= 0.6 is 12.6 Å². The summed E-state index contributed by atoms with van der Waals surface area (Å²) in [5.74, 6) is -1.58. The van der Waals surface area contributed by atoms with E-state index >= 15 is 0 Å². The zero-order chi connectivity index (χ0) is 9.35.